The first kappa shape index (κ1) is 33.2. The summed E-state index contributed by atoms with van der Waals surface area (Å²) in [6, 6.07) is 80.1. The lowest BCUT2D eigenvalue weighted by Crippen LogP contribution is -2.11. The lowest BCUT2D eigenvalue weighted by molar-refractivity contribution is 0.669. The van der Waals surface area contributed by atoms with Crippen molar-refractivity contribution in [2.24, 2.45) is 0 Å². The highest BCUT2D eigenvalue weighted by molar-refractivity contribution is 6.07. The minimum absolute atomic E-state index is 0.875. The predicted molar refractivity (Wildman–Crippen MR) is 236 cm³/mol. The molecule has 0 atom stereocenters. The van der Waals surface area contributed by atoms with Gasteiger partial charge in [-0.3, -0.25) is 0 Å². The summed E-state index contributed by atoms with van der Waals surface area (Å²) in [7, 11) is 0. The Kier molecular flexibility index (Phi) is 8.55. The Hall–Kier alpha value is -7.42. The lowest BCUT2D eigenvalue weighted by atomic mass is 9.88. The van der Waals surface area contributed by atoms with Gasteiger partial charge in [0.15, 0.2) is 0 Å². The maximum atomic E-state index is 6.29. The normalized spacial score (nSPS) is 11.2. The maximum absolute atomic E-state index is 6.29. The van der Waals surface area contributed by atoms with Crippen molar-refractivity contribution in [1.82, 2.24) is 0 Å². The second kappa shape index (κ2) is 14.4. The van der Waals surface area contributed by atoms with Crippen molar-refractivity contribution in [3.05, 3.63) is 224 Å². The monoisotopic (exact) mass is 715 g/mol. The Bertz CT molecular complexity index is 2940. The molecular formula is C54H37NO. The second-order valence-electron chi connectivity index (χ2n) is 14.1. The van der Waals surface area contributed by atoms with Gasteiger partial charge in [-0.1, -0.05) is 182 Å². The zero-order valence-corrected chi connectivity index (χ0v) is 30.7. The fourth-order valence-electron chi connectivity index (χ4n) is 8.01. The van der Waals surface area contributed by atoms with E-state index < -0.39 is 0 Å². The number of para-hydroxylation sites is 2. The molecule has 0 aliphatic heterocycles. The minimum atomic E-state index is 0.875. The van der Waals surface area contributed by atoms with Crippen molar-refractivity contribution >= 4 is 39.0 Å². The highest BCUT2D eigenvalue weighted by Gasteiger charge is 2.21. The molecule has 0 amide bonds. The van der Waals surface area contributed by atoms with Crippen LogP contribution in [-0.2, 0) is 0 Å². The summed E-state index contributed by atoms with van der Waals surface area (Å²) in [5, 5.41) is 2.20. The number of hydrogen-bond donors (Lipinski definition) is 0. The van der Waals surface area contributed by atoms with Crippen LogP contribution in [0.25, 0.3) is 77.6 Å². The quantitative estimate of drug-likeness (QED) is 0.156. The van der Waals surface area contributed by atoms with E-state index in [2.05, 4.69) is 217 Å². The van der Waals surface area contributed by atoms with E-state index in [4.69, 9.17) is 4.42 Å². The molecule has 0 aliphatic rings. The van der Waals surface area contributed by atoms with Crippen LogP contribution in [0.2, 0.25) is 0 Å². The third-order valence-corrected chi connectivity index (χ3v) is 10.7. The van der Waals surface area contributed by atoms with Crippen LogP contribution in [0.1, 0.15) is 0 Å². The third-order valence-electron chi connectivity index (χ3n) is 10.7. The summed E-state index contributed by atoms with van der Waals surface area (Å²) in [5.74, 6) is 0. The van der Waals surface area contributed by atoms with E-state index in [-0.39, 0.29) is 0 Å². The van der Waals surface area contributed by atoms with Crippen molar-refractivity contribution in [3.63, 3.8) is 0 Å². The fourth-order valence-corrected chi connectivity index (χ4v) is 8.01. The van der Waals surface area contributed by atoms with Gasteiger partial charge in [0, 0.05) is 27.7 Å². The molecule has 1 heterocycles. The molecule has 0 saturated heterocycles. The molecule has 10 rings (SSSR count). The molecule has 264 valence electrons. The fraction of sp³-hybridized carbons (Fsp3) is 0. The van der Waals surface area contributed by atoms with Crippen LogP contribution >= 0.6 is 0 Å². The molecule has 10 aromatic rings. The summed E-state index contributed by atoms with van der Waals surface area (Å²) in [5.41, 5.74) is 16.8. The average molecular weight is 716 g/mol. The van der Waals surface area contributed by atoms with E-state index in [0.717, 1.165) is 44.6 Å². The molecule has 0 N–H and O–H groups in total. The Morgan fingerprint density at radius 3 is 1.36 bits per heavy atom. The van der Waals surface area contributed by atoms with E-state index in [0.29, 0.717) is 0 Å². The Labute approximate surface area is 327 Å². The lowest BCUT2D eigenvalue weighted by Gasteiger charge is -2.29. The minimum Gasteiger partial charge on any atom is -0.456 e. The first-order valence-electron chi connectivity index (χ1n) is 19.1. The zero-order chi connectivity index (χ0) is 37.3. The van der Waals surface area contributed by atoms with Crippen LogP contribution in [0, 0.1) is 0 Å². The van der Waals surface area contributed by atoms with E-state index in [9.17, 15) is 0 Å². The Morgan fingerprint density at radius 2 is 0.696 bits per heavy atom. The SMILES string of the molecule is c1ccc(-c2ccc(-c3ccc(N(c4ccc5oc6ccccc6c5c4)c4ccccc4-c4ccccc4-c4ccccc4-c4ccccc4)cc3)cc2)cc1. The number of rotatable bonds is 8. The van der Waals surface area contributed by atoms with Gasteiger partial charge in [-0.25, -0.2) is 0 Å². The molecule has 0 saturated carbocycles. The van der Waals surface area contributed by atoms with Gasteiger partial charge in [-0.15, -0.1) is 0 Å². The smallest absolute Gasteiger partial charge is 0.135 e. The van der Waals surface area contributed by atoms with E-state index in [1.165, 1.54) is 50.1 Å². The predicted octanol–water partition coefficient (Wildman–Crippen LogP) is 15.4. The molecule has 1 aromatic heterocycles. The van der Waals surface area contributed by atoms with Crippen LogP contribution in [0.5, 0.6) is 0 Å². The van der Waals surface area contributed by atoms with Gasteiger partial charge < -0.3 is 9.32 Å². The first-order valence-corrected chi connectivity index (χ1v) is 19.1. The molecule has 56 heavy (non-hydrogen) atoms. The van der Waals surface area contributed by atoms with Gasteiger partial charge in [0.2, 0.25) is 0 Å². The number of nitrogens with zero attached hydrogens (tertiary/aromatic N) is 1. The van der Waals surface area contributed by atoms with Crippen molar-refractivity contribution in [1.29, 1.82) is 0 Å². The van der Waals surface area contributed by atoms with Gasteiger partial charge in [0.05, 0.1) is 5.69 Å². The standard InChI is InChI=1S/C54H37NO/c1-3-15-38(16-4-1)39-27-29-40(30-28-39)41-31-33-43(34-32-41)55(44-35-36-54-51(37-44)50-24-12-14-26-53(50)56-54)52-25-13-11-23-49(52)48-22-10-9-21-47(48)46-20-8-7-19-45(46)42-17-5-2-6-18-42/h1-37H. The summed E-state index contributed by atoms with van der Waals surface area (Å²) >= 11 is 0. The van der Waals surface area contributed by atoms with Gasteiger partial charge in [0.1, 0.15) is 11.2 Å². The largest absolute Gasteiger partial charge is 0.456 e. The van der Waals surface area contributed by atoms with Crippen LogP contribution in [-0.4, -0.2) is 0 Å². The molecular weight excluding hydrogens is 679 g/mol. The van der Waals surface area contributed by atoms with Crippen LogP contribution < -0.4 is 4.90 Å². The molecule has 0 spiro atoms. The number of benzene rings is 9. The molecule has 9 aromatic carbocycles. The van der Waals surface area contributed by atoms with Crippen LogP contribution in [0.4, 0.5) is 17.1 Å². The van der Waals surface area contributed by atoms with Crippen molar-refractivity contribution in [2.75, 3.05) is 4.90 Å². The summed E-state index contributed by atoms with van der Waals surface area (Å²) in [6.45, 7) is 0. The average Bonchev–Trinajstić information content (AvgIpc) is 3.66. The van der Waals surface area contributed by atoms with Crippen LogP contribution in [0.15, 0.2) is 229 Å². The van der Waals surface area contributed by atoms with Crippen molar-refractivity contribution in [3.8, 4) is 55.6 Å². The van der Waals surface area contributed by atoms with Gasteiger partial charge in [-0.05, 0) is 92.5 Å². The van der Waals surface area contributed by atoms with Gasteiger partial charge in [0.25, 0.3) is 0 Å². The number of furan rings is 1. The van der Waals surface area contributed by atoms with Crippen LogP contribution in [0.3, 0.4) is 0 Å². The molecule has 0 unspecified atom stereocenters. The van der Waals surface area contributed by atoms with Gasteiger partial charge >= 0.3 is 0 Å². The number of anilines is 3. The number of fused-ring (bicyclic) bond motifs is 3. The molecule has 0 aliphatic carbocycles. The molecule has 2 heteroatoms. The summed E-state index contributed by atoms with van der Waals surface area (Å²) < 4.78 is 6.29. The second-order valence-corrected chi connectivity index (χ2v) is 14.1. The van der Waals surface area contributed by atoms with Crippen molar-refractivity contribution in [2.45, 2.75) is 0 Å². The van der Waals surface area contributed by atoms with Gasteiger partial charge in [-0.2, -0.15) is 0 Å². The van der Waals surface area contributed by atoms with Crippen molar-refractivity contribution < 1.29 is 4.42 Å². The maximum Gasteiger partial charge on any atom is 0.135 e. The first-order chi connectivity index (χ1) is 27.8. The zero-order valence-electron chi connectivity index (χ0n) is 30.7. The summed E-state index contributed by atoms with van der Waals surface area (Å²) in [6.07, 6.45) is 0. The highest BCUT2D eigenvalue weighted by Crippen LogP contribution is 2.46. The summed E-state index contributed by atoms with van der Waals surface area (Å²) in [4.78, 5) is 2.39. The topological polar surface area (TPSA) is 16.4 Å². The highest BCUT2D eigenvalue weighted by atomic mass is 16.3. The van der Waals surface area contributed by atoms with E-state index >= 15 is 0 Å². The molecule has 2 nitrogen and oxygen atoms in total. The third kappa shape index (κ3) is 6.14. The van der Waals surface area contributed by atoms with E-state index in [1.807, 2.05) is 12.1 Å². The molecule has 0 radical (unpaired) electrons. The Balaban J connectivity index is 1.12. The molecule has 0 bridgehead atoms. The Morgan fingerprint density at radius 1 is 0.268 bits per heavy atom. The number of hydrogen-bond acceptors (Lipinski definition) is 2. The van der Waals surface area contributed by atoms with E-state index in [1.54, 1.807) is 0 Å². The molecule has 0 fully saturated rings.